The quantitative estimate of drug-likeness (QED) is 0.876. The Kier molecular flexibility index (Phi) is 4.78. The predicted octanol–water partition coefficient (Wildman–Crippen LogP) is 1.16. The van der Waals surface area contributed by atoms with E-state index < -0.39 is 0 Å². The zero-order valence-electron chi connectivity index (χ0n) is 13.1. The standard InChI is InChI=1S/C15H23N3O2S/c1-10-7-11(2)17-14(20)12(10)13(19)16-8-15(18(3)4)5-6-21-9-15/h7H,5-6,8-9H2,1-4H3,(H,16,19)(H,17,20)/t15-/m1/s1. The second-order valence-corrected chi connectivity index (χ2v) is 7.05. The van der Waals surface area contributed by atoms with E-state index in [1.165, 1.54) is 0 Å². The molecule has 1 aliphatic heterocycles. The molecule has 0 unspecified atom stereocenters. The smallest absolute Gasteiger partial charge is 0.261 e. The van der Waals surface area contributed by atoms with Gasteiger partial charge in [-0.05, 0) is 51.7 Å². The second-order valence-electron chi connectivity index (χ2n) is 5.94. The van der Waals surface area contributed by atoms with E-state index >= 15 is 0 Å². The number of aryl methyl sites for hydroxylation is 2. The largest absolute Gasteiger partial charge is 0.350 e. The number of aromatic amines is 1. The van der Waals surface area contributed by atoms with Crippen molar-refractivity contribution in [2.45, 2.75) is 25.8 Å². The van der Waals surface area contributed by atoms with Gasteiger partial charge in [-0.25, -0.2) is 0 Å². The zero-order chi connectivity index (χ0) is 15.6. The molecule has 0 saturated carbocycles. The van der Waals surface area contributed by atoms with Crippen LogP contribution in [0.4, 0.5) is 0 Å². The molecule has 6 heteroatoms. The predicted molar refractivity (Wildman–Crippen MR) is 87.2 cm³/mol. The van der Waals surface area contributed by atoms with Crippen LogP contribution in [0.3, 0.4) is 0 Å². The molecule has 0 aliphatic carbocycles. The lowest BCUT2D eigenvalue weighted by molar-refractivity contribution is 0.0912. The Morgan fingerprint density at radius 2 is 2.19 bits per heavy atom. The van der Waals surface area contributed by atoms with E-state index in [0.29, 0.717) is 12.1 Å². The van der Waals surface area contributed by atoms with E-state index in [0.717, 1.165) is 23.6 Å². The van der Waals surface area contributed by atoms with E-state index in [9.17, 15) is 9.59 Å². The van der Waals surface area contributed by atoms with Crippen molar-refractivity contribution in [3.8, 4) is 0 Å². The summed E-state index contributed by atoms with van der Waals surface area (Å²) in [7, 11) is 4.09. The molecule has 1 aromatic heterocycles. The molecule has 0 radical (unpaired) electrons. The lowest BCUT2D eigenvalue weighted by Crippen LogP contribution is -2.53. The fraction of sp³-hybridized carbons (Fsp3) is 0.600. The number of H-pyrrole nitrogens is 1. The van der Waals surface area contributed by atoms with Crippen molar-refractivity contribution in [3.05, 3.63) is 33.2 Å². The molecule has 5 nitrogen and oxygen atoms in total. The number of aromatic nitrogens is 1. The summed E-state index contributed by atoms with van der Waals surface area (Å²) in [4.78, 5) is 29.2. The average molecular weight is 309 g/mol. The Morgan fingerprint density at radius 1 is 1.48 bits per heavy atom. The minimum absolute atomic E-state index is 0.00824. The average Bonchev–Trinajstić information content (AvgIpc) is 2.85. The molecule has 1 aromatic rings. The van der Waals surface area contributed by atoms with Gasteiger partial charge in [0.15, 0.2) is 0 Å². The minimum atomic E-state index is -0.315. The van der Waals surface area contributed by atoms with Crippen LogP contribution in [0.15, 0.2) is 10.9 Å². The van der Waals surface area contributed by atoms with Gasteiger partial charge in [0.2, 0.25) is 0 Å². The highest BCUT2D eigenvalue weighted by atomic mass is 32.2. The zero-order valence-corrected chi connectivity index (χ0v) is 13.9. The number of thioether (sulfide) groups is 1. The maximum atomic E-state index is 12.4. The number of amides is 1. The highest BCUT2D eigenvalue weighted by Gasteiger charge is 2.37. The third kappa shape index (κ3) is 3.32. The summed E-state index contributed by atoms with van der Waals surface area (Å²) in [5.41, 5.74) is 1.38. The van der Waals surface area contributed by atoms with Gasteiger partial charge < -0.3 is 15.2 Å². The summed E-state index contributed by atoms with van der Waals surface area (Å²) >= 11 is 1.90. The van der Waals surface area contributed by atoms with Gasteiger partial charge in [0, 0.05) is 23.5 Å². The minimum Gasteiger partial charge on any atom is -0.350 e. The number of nitrogens with one attached hydrogen (secondary N) is 2. The molecule has 2 rings (SSSR count). The van der Waals surface area contributed by atoms with Crippen LogP contribution in [-0.2, 0) is 0 Å². The number of carbonyl (C=O) groups is 1. The highest BCUT2D eigenvalue weighted by Crippen LogP contribution is 2.31. The van der Waals surface area contributed by atoms with E-state index in [-0.39, 0.29) is 22.6 Å². The third-order valence-electron chi connectivity index (χ3n) is 4.20. The number of hydrogen-bond acceptors (Lipinski definition) is 4. The van der Waals surface area contributed by atoms with Gasteiger partial charge >= 0.3 is 0 Å². The molecule has 2 heterocycles. The van der Waals surface area contributed by atoms with E-state index in [2.05, 4.69) is 15.2 Å². The van der Waals surface area contributed by atoms with Gasteiger partial charge in [-0.1, -0.05) is 0 Å². The first kappa shape index (κ1) is 16.1. The second kappa shape index (κ2) is 6.23. The Morgan fingerprint density at radius 3 is 2.71 bits per heavy atom. The summed E-state index contributed by atoms with van der Waals surface area (Å²) < 4.78 is 0. The number of pyridine rings is 1. The van der Waals surface area contributed by atoms with Gasteiger partial charge in [0.25, 0.3) is 11.5 Å². The Balaban J connectivity index is 2.14. The lowest BCUT2D eigenvalue weighted by atomic mass is 9.97. The van der Waals surface area contributed by atoms with Crippen LogP contribution >= 0.6 is 11.8 Å². The molecule has 2 N–H and O–H groups in total. The number of carbonyl (C=O) groups excluding carboxylic acids is 1. The summed E-state index contributed by atoms with van der Waals surface area (Å²) in [6.07, 6.45) is 1.05. The van der Waals surface area contributed by atoms with Crippen LogP contribution in [0.2, 0.25) is 0 Å². The van der Waals surface area contributed by atoms with Gasteiger partial charge in [-0.3, -0.25) is 9.59 Å². The number of nitrogens with zero attached hydrogens (tertiary/aromatic N) is 1. The third-order valence-corrected chi connectivity index (χ3v) is 5.44. The molecule has 116 valence electrons. The molecule has 0 bridgehead atoms. The summed E-state index contributed by atoms with van der Waals surface area (Å²) in [6.45, 7) is 4.18. The van der Waals surface area contributed by atoms with Gasteiger partial charge in [0.1, 0.15) is 5.56 Å². The molecular weight excluding hydrogens is 286 g/mol. The van der Waals surface area contributed by atoms with E-state index in [1.54, 1.807) is 6.92 Å². The summed E-state index contributed by atoms with van der Waals surface area (Å²) in [5.74, 6) is 1.83. The summed E-state index contributed by atoms with van der Waals surface area (Å²) in [5, 5.41) is 2.95. The fourth-order valence-corrected chi connectivity index (χ4v) is 4.27. The Hall–Kier alpha value is -1.27. The molecule has 21 heavy (non-hydrogen) atoms. The van der Waals surface area contributed by atoms with Gasteiger partial charge in [0.05, 0.1) is 0 Å². The van der Waals surface area contributed by atoms with Crippen LogP contribution in [0.5, 0.6) is 0 Å². The maximum Gasteiger partial charge on any atom is 0.261 e. The highest BCUT2D eigenvalue weighted by molar-refractivity contribution is 7.99. The molecule has 1 saturated heterocycles. The number of likely N-dealkylation sites (N-methyl/N-ethyl adjacent to an activating group) is 1. The molecule has 1 aliphatic rings. The summed E-state index contributed by atoms with van der Waals surface area (Å²) in [6, 6.07) is 1.82. The van der Waals surface area contributed by atoms with Crippen LogP contribution in [0, 0.1) is 13.8 Å². The number of rotatable bonds is 4. The van der Waals surface area contributed by atoms with Crippen molar-refractivity contribution in [2.75, 3.05) is 32.1 Å². The van der Waals surface area contributed by atoms with Crippen molar-refractivity contribution in [3.63, 3.8) is 0 Å². The Bertz CT molecular complexity index is 589. The first-order chi connectivity index (χ1) is 9.85. The maximum absolute atomic E-state index is 12.4. The van der Waals surface area contributed by atoms with E-state index in [4.69, 9.17) is 0 Å². The van der Waals surface area contributed by atoms with Crippen molar-refractivity contribution < 1.29 is 4.79 Å². The Labute approximate surface area is 129 Å². The monoisotopic (exact) mass is 309 g/mol. The van der Waals surface area contributed by atoms with Crippen molar-refractivity contribution in [2.24, 2.45) is 0 Å². The van der Waals surface area contributed by atoms with Crippen LogP contribution in [0.25, 0.3) is 0 Å². The molecular formula is C15H23N3O2S. The fourth-order valence-electron chi connectivity index (χ4n) is 2.72. The lowest BCUT2D eigenvalue weighted by Gasteiger charge is -2.35. The molecule has 0 spiro atoms. The van der Waals surface area contributed by atoms with Crippen LogP contribution in [-0.4, -0.2) is 53.5 Å². The first-order valence-electron chi connectivity index (χ1n) is 7.10. The van der Waals surface area contributed by atoms with E-state index in [1.807, 2.05) is 38.8 Å². The topological polar surface area (TPSA) is 65.2 Å². The van der Waals surface area contributed by atoms with Crippen LogP contribution in [0.1, 0.15) is 28.0 Å². The molecule has 1 fully saturated rings. The van der Waals surface area contributed by atoms with Gasteiger partial charge in [-0.15, -0.1) is 0 Å². The SMILES string of the molecule is Cc1cc(C)c(C(=O)NC[C@]2(N(C)C)CCSC2)c(=O)[nH]1. The van der Waals surface area contributed by atoms with Crippen molar-refractivity contribution >= 4 is 17.7 Å². The molecule has 1 amide bonds. The van der Waals surface area contributed by atoms with Crippen molar-refractivity contribution in [1.29, 1.82) is 0 Å². The van der Waals surface area contributed by atoms with Crippen LogP contribution < -0.4 is 10.9 Å². The first-order valence-corrected chi connectivity index (χ1v) is 8.25. The van der Waals surface area contributed by atoms with Crippen molar-refractivity contribution in [1.82, 2.24) is 15.2 Å². The molecule has 1 atom stereocenters. The normalized spacial score (nSPS) is 21.8. The van der Waals surface area contributed by atoms with Gasteiger partial charge in [-0.2, -0.15) is 11.8 Å². The number of hydrogen-bond donors (Lipinski definition) is 2. The molecule has 0 aromatic carbocycles.